The van der Waals surface area contributed by atoms with Crippen LogP contribution in [0, 0.1) is 0 Å². The number of hydrogen-bond acceptors (Lipinski definition) is 6. The lowest BCUT2D eigenvalue weighted by Crippen LogP contribution is -2.36. The molecule has 2 heterocycles. The number of nitrogens with zero attached hydrogens (tertiary/aromatic N) is 1. The number of phenolic OH excluding ortho intramolecular Hbond substituents is 1. The molecule has 3 amide bonds. The van der Waals surface area contributed by atoms with Gasteiger partial charge in [0.05, 0.1) is 11.2 Å². The summed E-state index contributed by atoms with van der Waals surface area (Å²) >= 11 is 0.749. The van der Waals surface area contributed by atoms with E-state index < -0.39 is 23.6 Å². The molecule has 0 radical (unpaired) electrons. The third kappa shape index (κ3) is 3.49. The molecule has 1 aromatic carbocycles. The summed E-state index contributed by atoms with van der Waals surface area (Å²) in [5, 5.41) is 11.4. The fourth-order valence-corrected chi connectivity index (χ4v) is 2.89. The number of imide groups is 1. The van der Waals surface area contributed by atoms with Crippen LogP contribution in [0.25, 0.3) is 6.08 Å². The van der Waals surface area contributed by atoms with E-state index in [1.54, 1.807) is 24.3 Å². The van der Waals surface area contributed by atoms with Gasteiger partial charge >= 0.3 is 0 Å². The van der Waals surface area contributed by atoms with E-state index in [1.807, 2.05) is 0 Å². The van der Waals surface area contributed by atoms with Gasteiger partial charge in [-0.25, -0.2) is 0 Å². The largest absolute Gasteiger partial charge is 0.508 e. The van der Waals surface area contributed by atoms with Crippen LogP contribution in [0.5, 0.6) is 5.75 Å². The van der Waals surface area contributed by atoms with Crippen molar-refractivity contribution in [1.29, 1.82) is 0 Å². The van der Waals surface area contributed by atoms with E-state index in [1.165, 1.54) is 24.5 Å². The van der Waals surface area contributed by atoms with E-state index in [4.69, 9.17) is 4.42 Å². The van der Waals surface area contributed by atoms with E-state index in [0.29, 0.717) is 11.4 Å². The third-order valence-corrected chi connectivity index (χ3v) is 4.03. The molecule has 1 fully saturated rings. The monoisotopic (exact) mass is 344 g/mol. The summed E-state index contributed by atoms with van der Waals surface area (Å²) < 4.78 is 5.11. The normalized spacial score (nSPS) is 16.0. The Morgan fingerprint density at radius 1 is 1.29 bits per heavy atom. The number of benzene rings is 1. The van der Waals surface area contributed by atoms with Crippen molar-refractivity contribution in [2.75, 3.05) is 11.9 Å². The van der Waals surface area contributed by atoms with Crippen molar-refractivity contribution in [2.45, 2.75) is 0 Å². The SMILES string of the molecule is O=C(CN1C(=O)S/C(=C\c2ccco2)C1=O)Nc1cccc(O)c1. The Morgan fingerprint density at radius 3 is 2.83 bits per heavy atom. The first-order chi connectivity index (χ1) is 11.5. The summed E-state index contributed by atoms with van der Waals surface area (Å²) in [6.07, 6.45) is 2.91. The Bertz CT molecular complexity index is 829. The molecule has 8 heteroatoms. The Kier molecular flexibility index (Phi) is 4.39. The number of furan rings is 1. The fourth-order valence-electron chi connectivity index (χ4n) is 2.07. The number of rotatable bonds is 4. The van der Waals surface area contributed by atoms with E-state index >= 15 is 0 Å². The average Bonchev–Trinajstić information content (AvgIpc) is 3.12. The molecule has 1 aliphatic heterocycles. The maximum absolute atomic E-state index is 12.2. The van der Waals surface area contributed by atoms with Gasteiger partial charge in [0.1, 0.15) is 18.1 Å². The Labute approximate surface area is 140 Å². The fraction of sp³-hybridized carbons (Fsp3) is 0.0625. The van der Waals surface area contributed by atoms with Crippen molar-refractivity contribution in [3.05, 3.63) is 53.3 Å². The van der Waals surface area contributed by atoms with Gasteiger partial charge in [0.2, 0.25) is 5.91 Å². The van der Waals surface area contributed by atoms with Gasteiger partial charge in [-0.2, -0.15) is 0 Å². The first-order valence-electron chi connectivity index (χ1n) is 6.91. The molecule has 0 saturated carbocycles. The highest BCUT2D eigenvalue weighted by molar-refractivity contribution is 8.18. The second kappa shape index (κ2) is 6.63. The predicted octanol–water partition coefficient (Wildman–Crippen LogP) is 2.66. The first kappa shape index (κ1) is 15.9. The van der Waals surface area contributed by atoms with Crippen molar-refractivity contribution >= 4 is 40.6 Å². The van der Waals surface area contributed by atoms with Gasteiger partial charge in [-0.3, -0.25) is 19.3 Å². The number of anilines is 1. The summed E-state index contributed by atoms with van der Waals surface area (Å²) in [6, 6.07) is 9.30. The number of carbonyl (C=O) groups is 3. The Hall–Kier alpha value is -3.00. The van der Waals surface area contributed by atoms with E-state index in [0.717, 1.165) is 16.7 Å². The minimum Gasteiger partial charge on any atom is -0.508 e. The lowest BCUT2D eigenvalue weighted by molar-refractivity contribution is -0.127. The van der Waals surface area contributed by atoms with Crippen LogP contribution in [0.1, 0.15) is 5.76 Å². The molecule has 24 heavy (non-hydrogen) atoms. The zero-order valence-corrected chi connectivity index (χ0v) is 13.1. The Balaban J connectivity index is 1.67. The summed E-state index contributed by atoms with van der Waals surface area (Å²) in [6.45, 7) is -0.407. The van der Waals surface area contributed by atoms with Gasteiger partial charge in [0.25, 0.3) is 11.1 Å². The van der Waals surface area contributed by atoms with E-state index in [2.05, 4.69) is 5.32 Å². The highest BCUT2D eigenvalue weighted by Gasteiger charge is 2.36. The van der Waals surface area contributed by atoms with Crippen LogP contribution in [0.15, 0.2) is 52.0 Å². The predicted molar refractivity (Wildman–Crippen MR) is 88.1 cm³/mol. The second-order valence-electron chi connectivity index (χ2n) is 4.88. The molecule has 1 saturated heterocycles. The van der Waals surface area contributed by atoms with E-state index in [-0.39, 0.29) is 10.7 Å². The van der Waals surface area contributed by atoms with Crippen LogP contribution >= 0.6 is 11.8 Å². The van der Waals surface area contributed by atoms with Crippen LogP contribution in [0.3, 0.4) is 0 Å². The standard InChI is InChI=1S/C16H12N2O5S/c19-11-4-1-3-10(7-11)17-14(20)9-18-15(21)13(24-16(18)22)8-12-5-2-6-23-12/h1-8,19H,9H2,(H,17,20)/b13-8-. The summed E-state index contributed by atoms with van der Waals surface area (Å²) in [5.74, 6) is -0.639. The summed E-state index contributed by atoms with van der Waals surface area (Å²) in [5.41, 5.74) is 0.373. The highest BCUT2D eigenvalue weighted by Crippen LogP contribution is 2.32. The molecule has 0 atom stereocenters. The average molecular weight is 344 g/mol. The van der Waals surface area contributed by atoms with Crippen molar-refractivity contribution in [1.82, 2.24) is 4.90 Å². The molecule has 0 bridgehead atoms. The van der Waals surface area contributed by atoms with Gasteiger partial charge in [-0.1, -0.05) is 6.07 Å². The first-order valence-corrected chi connectivity index (χ1v) is 7.72. The zero-order chi connectivity index (χ0) is 17.1. The van der Waals surface area contributed by atoms with Crippen LogP contribution < -0.4 is 5.32 Å². The van der Waals surface area contributed by atoms with Crippen molar-refractivity contribution in [3.63, 3.8) is 0 Å². The summed E-state index contributed by atoms with van der Waals surface area (Å²) in [7, 11) is 0. The number of aromatic hydroxyl groups is 1. The maximum Gasteiger partial charge on any atom is 0.294 e. The topological polar surface area (TPSA) is 99.9 Å². The number of hydrogen-bond donors (Lipinski definition) is 2. The number of amides is 3. The molecular formula is C16H12N2O5S. The number of carbonyl (C=O) groups excluding carboxylic acids is 3. The number of phenols is 1. The lowest BCUT2D eigenvalue weighted by Gasteiger charge is -2.12. The molecule has 7 nitrogen and oxygen atoms in total. The third-order valence-electron chi connectivity index (χ3n) is 3.12. The molecule has 0 aliphatic carbocycles. The number of thioether (sulfide) groups is 1. The van der Waals surface area contributed by atoms with Gasteiger partial charge in [0, 0.05) is 17.8 Å². The molecule has 1 aliphatic rings. The molecule has 122 valence electrons. The Morgan fingerprint density at radius 2 is 2.12 bits per heavy atom. The van der Waals surface area contributed by atoms with Crippen LogP contribution in [-0.2, 0) is 9.59 Å². The minimum atomic E-state index is -0.549. The molecule has 2 aromatic rings. The second-order valence-corrected chi connectivity index (χ2v) is 5.87. The molecule has 2 N–H and O–H groups in total. The van der Waals surface area contributed by atoms with Gasteiger partial charge < -0.3 is 14.8 Å². The van der Waals surface area contributed by atoms with Crippen LogP contribution in [-0.4, -0.2) is 33.6 Å². The van der Waals surface area contributed by atoms with Gasteiger partial charge in [-0.05, 0) is 36.0 Å². The molecule has 1 aromatic heterocycles. The molecule has 0 unspecified atom stereocenters. The summed E-state index contributed by atoms with van der Waals surface area (Å²) in [4.78, 5) is 37.2. The van der Waals surface area contributed by atoms with Gasteiger partial charge in [-0.15, -0.1) is 0 Å². The number of nitrogens with one attached hydrogen (secondary N) is 1. The van der Waals surface area contributed by atoms with Crippen molar-refractivity contribution in [3.8, 4) is 5.75 Å². The van der Waals surface area contributed by atoms with Crippen molar-refractivity contribution < 1.29 is 23.9 Å². The minimum absolute atomic E-state index is 0.000322. The van der Waals surface area contributed by atoms with E-state index in [9.17, 15) is 19.5 Å². The zero-order valence-electron chi connectivity index (χ0n) is 12.3. The van der Waals surface area contributed by atoms with Gasteiger partial charge in [0.15, 0.2) is 0 Å². The van der Waals surface area contributed by atoms with Crippen LogP contribution in [0.4, 0.5) is 10.5 Å². The lowest BCUT2D eigenvalue weighted by atomic mass is 10.3. The maximum atomic E-state index is 12.2. The molecule has 0 spiro atoms. The highest BCUT2D eigenvalue weighted by atomic mass is 32.2. The van der Waals surface area contributed by atoms with Crippen molar-refractivity contribution in [2.24, 2.45) is 0 Å². The smallest absolute Gasteiger partial charge is 0.294 e. The molecule has 3 rings (SSSR count). The quantitative estimate of drug-likeness (QED) is 0.827. The molecular weight excluding hydrogens is 332 g/mol. The van der Waals surface area contributed by atoms with Crippen LogP contribution in [0.2, 0.25) is 0 Å².